The van der Waals surface area contributed by atoms with Gasteiger partial charge in [-0.15, -0.1) is 0 Å². The van der Waals surface area contributed by atoms with E-state index in [9.17, 15) is 14.7 Å². The first kappa shape index (κ1) is 13.2. The van der Waals surface area contributed by atoms with Crippen LogP contribution in [0.5, 0.6) is 0 Å². The fraction of sp³-hybridized carbons (Fsp3) is 0.0769. The van der Waals surface area contributed by atoms with Crippen molar-refractivity contribution in [1.29, 1.82) is 0 Å². The molecule has 1 amide bonds. The molecule has 0 unspecified atom stereocenters. The third kappa shape index (κ3) is 2.95. The maximum absolute atomic E-state index is 11.9. The van der Waals surface area contributed by atoms with E-state index in [-0.39, 0.29) is 0 Å². The fourth-order valence-electron chi connectivity index (χ4n) is 1.66. The van der Waals surface area contributed by atoms with Crippen molar-refractivity contribution in [2.45, 2.75) is 6.04 Å². The van der Waals surface area contributed by atoms with E-state index < -0.39 is 17.9 Å². The van der Waals surface area contributed by atoms with Crippen molar-refractivity contribution < 1.29 is 14.7 Å². The van der Waals surface area contributed by atoms with Crippen LogP contribution < -0.4 is 5.32 Å². The number of carbonyl (C=O) groups is 2. The predicted octanol–water partition coefficient (Wildman–Crippen LogP) is 2.22. The zero-order chi connectivity index (χ0) is 13.8. The summed E-state index contributed by atoms with van der Waals surface area (Å²) in [6, 6.07) is 8.52. The maximum atomic E-state index is 11.9. The monoisotopic (exact) mass is 278 g/mol. The number of hydrogen-bond acceptors (Lipinski definition) is 2. The van der Waals surface area contributed by atoms with Crippen LogP contribution in [0.4, 0.5) is 0 Å². The highest BCUT2D eigenvalue weighted by Gasteiger charge is 2.24. The van der Waals surface area contributed by atoms with Crippen LogP contribution in [0.15, 0.2) is 42.6 Å². The molecule has 0 bridgehead atoms. The summed E-state index contributed by atoms with van der Waals surface area (Å²) in [7, 11) is 0. The standard InChI is InChI=1S/C13H11ClN2O3/c14-9-5-2-1-4-8(9)11(13(18)19)16-12(17)10-6-3-7-15-10/h1-7,11,15H,(H,16,17)(H,18,19)/t11-/m1/s1. The van der Waals surface area contributed by atoms with Crippen LogP contribution in [-0.2, 0) is 4.79 Å². The lowest BCUT2D eigenvalue weighted by Crippen LogP contribution is -2.34. The SMILES string of the molecule is O=C(N[C@@H](C(=O)O)c1ccccc1Cl)c1ccc[nH]1. The molecule has 0 radical (unpaired) electrons. The summed E-state index contributed by atoms with van der Waals surface area (Å²) in [5.41, 5.74) is 0.634. The van der Waals surface area contributed by atoms with E-state index in [0.29, 0.717) is 16.3 Å². The van der Waals surface area contributed by atoms with Gasteiger partial charge in [0.2, 0.25) is 0 Å². The number of carbonyl (C=O) groups excluding carboxylic acids is 1. The van der Waals surface area contributed by atoms with Crippen LogP contribution in [0.25, 0.3) is 0 Å². The molecule has 2 rings (SSSR count). The highest BCUT2D eigenvalue weighted by molar-refractivity contribution is 6.31. The van der Waals surface area contributed by atoms with Gasteiger partial charge in [0.05, 0.1) is 0 Å². The summed E-state index contributed by atoms with van der Waals surface area (Å²) in [6.07, 6.45) is 1.58. The minimum absolute atomic E-state index is 0.290. The first-order valence-electron chi connectivity index (χ1n) is 5.51. The number of rotatable bonds is 4. The normalized spacial score (nSPS) is 11.8. The summed E-state index contributed by atoms with van der Waals surface area (Å²) < 4.78 is 0. The summed E-state index contributed by atoms with van der Waals surface area (Å²) in [4.78, 5) is 25.8. The van der Waals surface area contributed by atoms with E-state index in [1.807, 2.05) is 0 Å². The zero-order valence-electron chi connectivity index (χ0n) is 9.76. The van der Waals surface area contributed by atoms with Crippen LogP contribution in [0.3, 0.4) is 0 Å². The number of hydrogen-bond donors (Lipinski definition) is 3. The lowest BCUT2D eigenvalue weighted by atomic mass is 10.1. The molecule has 1 atom stereocenters. The molecule has 2 aromatic rings. The molecule has 0 aliphatic carbocycles. The molecule has 0 fully saturated rings. The number of carboxylic acid groups (broad SMARTS) is 1. The Morgan fingerprint density at radius 1 is 1.21 bits per heavy atom. The van der Waals surface area contributed by atoms with Crippen LogP contribution in [-0.4, -0.2) is 22.0 Å². The summed E-state index contributed by atoms with van der Waals surface area (Å²) in [5, 5.41) is 11.9. The molecule has 0 aliphatic heterocycles. The predicted molar refractivity (Wildman–Crippen MR) is 70.1 cm³/mol. The van der Waals surface area contributed by atoms with Gasteiger partial charge in [0.15, 0.2) is 6.04 Å². The molecular weight excluding hydrogens is 268 g/mol. The Balaban J connectivity index is 2.25. The molecule has 1 aromatic heterocycles. The van der Waals surface area contributed by atoms with Gasteiger partial charge in [0.25, 0.3) is 5.91 Å². The average molecular weight is 279 g/mol. The number of aromatic amines is 1. The van der Waals surface area contributed by atoms with Crippen molar-refractivity contribution in [3.05, 3.63) is 58.9 Å². The van der Waals surface area contributed by atoms with E-state index in [4.69, 9.17) is 11.6 Å². The summed E-state index contributed by atoms with van der Waals surface area (Å²) in [6.45, 7) is 0. The minimum atomic E-state index is -1.19. The molecule has 0 saturated carbocycles. The molecule has 1 aromatic carbocycles. The van der Waals surface area contributed by atoms with Crippen molar-refractivity contribution in [2.24, 2.45) is 0 Å². The van der Waals surface area contributed by atoms with E-state index >= 15 is 0 Å². The minimum Gasteiger partial charge on any atom is -0.479 e. The van der Waals surface area contributed by atoms with E-state index in [2.05, 4.69) is 10.3 Å². The fourth-order valence-corrected chi connectivity index (χ4v) is 1.91. The third-order valence-electron chi connectivity index (χ3n) is 2.58. The molecule has 3 N–H and O–H groups in total. The van der Waals surface area contributed by atoms with E-state index in [0.717, 1.165) is 0 Å². The first-order chi connectivity index (χ1) is 9.09. The Morgan fingerprint density at radius 3 is 2.53 bits per heavy atom. The molecule has 0 aliphatic rings. The van der Waals surface area contributed by atoms with Crippen molar-refractivity contribution >= 4 is 23.5 Å². The van der Waals surface area contributed by atoms with Gasteiger partial charge in [0, 0.05) is 16.8 Å². The number of aliphatic carboxylic acids is 1. The topological polar surface area (TPSA) is 82.2 Å². The van der Waals surface area contributed by atoms with Crippen LogP contribution >= 0.6 is 11.6 Å². The number of benzene rings is 1. The largest absolute Gasteiger partial charge is 0.479 e. The van der Waals surface area contributed by atoms with E-state index in [1.165, 1.54) is 0 Å². The van der Waals surface area contributed by atoms with Gasteiger partial charge < -0.3 is 15.4 Å². The highest BCUT2D eigenvalue weighted by Crippen LogP contribution is 2.23. The van der Waals surface area contributed by atoms with Gasteiger partial charge in [-0.3, -0.25) is 4.79 Å². The molecule has 0 saturated heterocycles. The van der Waals surface area contributed by atoms with Crippen LogP contribution in [0, 0.1) is 0 Å². The Morgan fingerprint density at radius 2 is 1.95 bits per heavy atom. The molecular formula is C13H11ClN2O3. The molecule has 5 nitrogen and oxygen atoms in total. The smallest absolute Gasteiger partial charge is 0.330 e. The van der Waals surface area contributed by atoms with Gasteiger partial charge in [-0.25, -0.2) is 4.79 Å². The first-order valence-corrected chi connectivity index (χ1v) is 5.89. The quantitative estimate of drug-likeness (QED) is 0.802. The van der Waals surface area contributed by atoms with Crippen molar-refractivity contribution in [3.63, 3.8) is 0 Å². The molecule has 1 heterocycles. The maximum Gasteiger partial charge on any atom is 0.330 e. The molecule has 19 heavy (non-hydrogen) atoms. The van der Waals surface area contributed by atoms with Gasteiger partial charge >= 0.3 is 5.97 Å². The average Bonchev–Trinajstić information content (AvgIpc) is 2.90. The second-order valence-corrected chi connectivity index (χ2v) is 4.26. The van der Waals surface area contributed by atoms with Crippen LogP contribution in [0.2, 0.25) is 5.02 Å². The van der Waals surface area contributed by atoms with Gasteiger partial charge in [-0.05, 0) is 18.2 Å². The van der Waals surface area contributed by atoms with Crippen molar-refractivity contribution in [2.75, 3.05) is 0 Å². The second-order valence-electron chi connectivity index (χ2n) is 3.85. The zero-order valence-corrected chi connectivity index (χ0v) is 10.5. The number of amides is 1. The second kappa shape index (κ2) is 5.58. The highest BCUT2D eigenvalue weighted by atomic mass is 35.5. The number of nitrogens with one attached hydrogen (secondary N) is 2. The number of H-pyrrole nitrogens is 1. The molecule has 0 spiro atoms. The Hall–Kier alpha value is -2.27. The number of carboxylic acids is 1. The van der Waals surface area contributed by atoms with Gasteiger partial charge in [-0.1, -0.05) is 29.8 Å². The lowest BCUT2D eigenvalue weighted by Gasteiger charge is -2.15. The summed E-state index contributed by atoms with van der Waals surface area (Å²) >= 11 is 5.95. The molecule has 6 heteroatoms. The Kier molecular flexibility index (Phi) is 3.87. The Bertz CT molecular complexity index is 596. The van der Waals surface area contributed by atoms with Crippen LogP contribution in [0.1, 0.15) is 22.1 Å². The summed E-state index contributed by atoms with van der Waals surface area (Å²) in [5.74, 6) is -1.68. The number of halogens is 1. The number of aromatic nitrogens is 1. The molecule has 98 valence electrons. The Labute approximate surface area is 114 Å². The van der Waals surface area contributed by atoms with E-state index in [1.54, 1.807) is 42.6 Å². The van der Waals surface area contributed by atoms with Gasteiger partial charge in [0.1, 0.15) is 5.69 Å². The van der Waals surface area contributed by atoms with Crippen molar-refractivity contribution in [3.8, 4) is 0 Å². The lowest BCUT2D eigenvalue weighted by molar-refractivity contribution is -0.139. The van der Waals surface area contributed by atoms with Gasteiger partial charge in [-0.2, -0.15) is 0 Å². The van der Waals surface area contributed by atoms with Crippen molar-refractivity contribution in [1.82, 2.24) is 10.3 Å². The third-order valence-corrected chi connectivity index (χ3v) is 2.93.